The Morgan fingerprint density at radius 1 is 1.00 bits per heavy atom. The molecule has 0 spiro atoms. The first-order chi connectivity index (χ1) is 16.9. The Hall–Kier alpha value is -3.45. The van der Waals surface area contributed by atoms with Crippen molar-refractivity contribution in [3.63, 3.8) is 0 Å². The van der Waals surface area contributed by atoms with Gasteiger partial charge in [0.25, 0.3) is 0 Å². The fourth-order valence-electron chi connectivity index (χ4n) is 4.11. The number of rotatable bonds is 6. The van der Waals surface area contributed by atoms with Gasteiger partial charge in [0.05, 0.1) is 6.67 Å². The lowest BCUT2D eigenvalue weighted by molar-refractivity contribution is 0.0668. The Balaban J connectivity index is 0.000000172. The minimum Gasteiger partial charge on any atom is -0.508 e. The van der Waals surface area contributed by atoms with Crippen molar-refractivity contribution in [3.05, 3.63) is 89.5 Å². The van der Waals surface area contributed by atoms with Crippen LogP contribution in [0.5, 0.6) is 17.2 Å². The number of allylic oxidation sites excluding steroid dienone is 1. The summed E-state index contributed by atoms with van der Waals surface area (Å²) in [7, 11) is 0. The van der Waals surface area contributed by atoms with Crippen LogP contribution in [-0.4, -0.2) is 49.5 Å². The fourth-order valence-corrected chi connectivity index (χ4v) is 4.11. The molecule has 1 saturated heterocycles. The van der Waals surface area contributed by atoms with Gasteiger partial charge in [-0.2, -0.15) is 0 Å². The van der Waals surface area contributed by atoms with Crippen molar-refractivity contribution in [1.29, 1.82) is 0 Å². The second-order valence-electron chi connectivity index (χ2n) is 8.64. The van der Waals surface area contributed by atoms with E-state index in [1.807, 2.05) is 37.3 Å². The van der Waals surface area contributed by atoms with Crippen LogP contribution in [0.15, 0.2) is 66.7 Å². The molecule has 0 bridgehead atoms. The summed E-state index contributed by atoms with van der Waals surface area (Å²) in [6, 6.07) is 18.4. The highest BCUT2D eigenvalue weighted by molar-refractivity contribution is 5.93. The quantitative estimate of drug-likeness (QED) is 0.470. The topological polar surface area (TPSA) is 41.9 Å². The van der Waals surface area contributed by atoms with Gasteiger partial charge in [-0.15, -0.1) is 0 Å². The van der Waals surface area contributed by atoms with E-state index in [2.05, 4.69) is 4.90 Å². The molecule has 0 radical (unpaired) electrons. The van der Waals surface area contributed by atoms with Gasteiger partial charge in [-0.3, -0.25) is 9.29 Å². The first-order valence-electron chi connectivity index (χ1n) is 11.5. The van der Waals surface area contributed by atoms with Gasteiger partial charge in [-0.25, -0.2) is 8.78 Å². The van der Waals surface area contributed by atoms with Crippen LogP contribution in [-0.2, 0) is 0 Å². The molecule has 2 aliphatic rings. The van der Waals surface area contributed by atoms with E-state index in [9.17, 15) is 18.3 Å². The maximum Gasteiger partial charge on any atom is 0.159 e. The molecule has 7 heteroatoms. The standard InChI is InChI=1S/C16H12F2O2.C12H16FNO/c1-9-12-4-3-11(19)7-16(12)20-8-13(9)10-2-5-14(17)15(18)6-10;13-8-11-9-14(10-11)6-7-15-12-4-2-1-3-5-12/h2-7,19H,8H2,1H3;1-5,11H,6-10H2. The monoisotopic (exact) mass is 483 g/mol. The van der Waals surface area contributed by atoms with Crippen LogP contribution in [0.25, 0.3) is 11.1 Å². The molecule has 0 aliphatic carbocycles. The van der Waals surface area contributed by atoms with Crippen molar-refractivity contribution in [1.82, 2.24) is 4.90 Å². The molecule has 3 aromatic rings. The lowest BCUT2D eigenvalue weighted by Crippen LogP contribution is -2.49. The van der Waals surface area contributed by atoms with Crippen LogP contribution >= 0.6 is 0 Å². The number of halogens is 3. The molecule has 1 fully saturated rings. The molecule has 0 aromatic heterocycles. The van der Waals surface area contributed by atoms with Gasteiger partial charge in [-0.05, 0) is 54.5 Å². The Bertz CT molecular complexity index is 1180. The predicted molar refractivity (Wildman–Crippen MR) is 130 cm³/mol. The summed E-state index contributed by atoms with van der Waals surface area (Å²) in [5.41, 5.74) is 3.17. The summed E-state index contributed by atoms with van der Waals surface area (Å²) in [6.07, 6.45) is 0. The van der Waals surface area contributed by atoms with Gasteiger partial charge in [0.2, 0.25) is 0 Å². The predicted octanol–water partition coefficient (Wildman–Crippen LogP) is 5.96. The van der Waals surface area contributed by atoms with Crippen molar-refractivity contribution in [2.75, 3.05) is 39.5 Å². The summed E-state index contributed by atoms with van der Waals surface area (Å²) in [5.74, 6) is 0.150. The molecule has 0 unspecified atom stereocenters. The van der Waals surface area contributed by atoms with Crippen molar-refractivity contribution in [3.8, 4) is 17.2 Å². The SMILES string of the molecule is CC1=C(c2ccc(F)c(F)c2)COc2cc(O)ccc21.FCC1CN(CCOc2ccccc2)C1. The van der Waals surface area contributed by atoms with Crippen LogP contribution < -0.4 is 9.47 Å². The summed E-state index contributed by atoms with van der Waals surface area (Å²) >= 11 is 0. The van der Waals surface area contributed by atoms with Gasteiger partial charge in [0.1, 0.15) is 30.5 Å². The Labute approximate surface area is 203 Å². The molecule has 184 valence electrons. The maximum atomic E-state index is 13.3. The van der Waals surface area contributed by atoms with E-state index in [1.165, 1.54) is 12.1 Å². The first kappa shape index (κ1) is 24.7. The number of phenols is 1. The van der Waals surface area contributed by atoms with Crippen LogP contribution in [0, 0.1) is 17.6 Å². The van der Waals surface area contributed by atoms with Crippen molar-refractivity contribution >= 4 is 11.1 Å². The number of phenolic OH excluding ortho intramolecular Hbond substituents is 1. The van der Waals surface area contributed by atoms with E-state index in [4.69, 9.17) is 9.47 Å². The zero-order chi connectivity index (χ0) is 24.8. The van der Waals surface area contributed by atoms with Crippen molar-refractivity contribution in [2.45, 2.75) is 6.92 Å². The molecule has 3 aromatic carbocycles. The van der Waals surface area contributed by atoms with Gasteiger partial charge in [0, 0.05) is 42.8 Å². The number of nitrogens with zero attached hydrogens (tertiary/aromatic N) is 1. The van der Waals surface area contributed by atoms with Gasteiger partial charge in [0.15, 0.2) is 11.6 Å². The molecule has 4 nitrogen and oxygen atoms in total. The molecular weight excluding hydrogens is 455 g/mol. The lowest BCUT2D eigenvalue weighted by atomic mass is 9.93. The largest absolute Gasteiger partial charge is 0.508 e. The lowest BCUT2D eigenvalue weighted by Gasteiger charge is -2.37. The smallest absolute Gasteiger partial charge is 0.159 e. The van der Waals surface area contributed by atoms with Crippen LogP contribution in [0.4, 0.5) is 13.2 Å². The summed E-state index contributed by atoms with van der Waals surface area (Å²) in [6.45, 7) is 5.32. The first-order valence-corrected chi connectivity index (χ1v) is 11.5. The molecule has 35 heavy (non-hydrogen) atoms. The molecule has 0 amide bonds. The van der Waals surface area contributed by atoms with Crippen LogP contribution in [0.3, 0.4) is 0 Å². The summed E-state index contributed by atoms with van der Waals surface area (Å²) < 4.78 is 49.6. The minimum atomic E-state index is -0.876. The third kappa shape index (κ3) is 6.17. The number of fused-ring (bicyclic) bond motifs is 1. The third-order valence-corrected chi connectivity index (χ3v) is 6.13. The van der Waals surface area contributed by atoms with Crippen molar-refractivity contribution < 1.29 is 27.8 Å². The molecule has 0 saturated carbocycles. The fraction of sp³-hybridized carbons (Fsp3) is 0.286. The Morgan fingerprint density at radius 3 is 2.49 bits per heavy atom. The highest BCUT2D eigenvalue weighted by Gasteiger charge is 2.25. The van der Waals surface area contributed by atoms with E-state index in [0.717, 1.165) is 48.2 Å². The summed E-state index contributed by atoms with van der Waals surface area (Å²) in [4.78, 5) is 2.22. The van der Waals surface area contributed by atoms with E-state index >= 15 is 0 Å². The van der Waals surface area contributed by atoms with E-state index in [0.29, 0.717) is 17.9 Å². The highest BCUT2D eigenvalue weighted by Crippen LogP contribution is 2.38. The van der Waals surface area contributed by atoms with Crippen LogP contribution in [0.2, 0.25) is 0 Å². The van der Waals surface area contributed by atoms with Crippen molar-refractivity contribution in [2.24, 2.45) is 5.92 Å². The minimum absolute atomic E-state index is 0.132. The molecule has 2 aliphatic heterocycles. The number of alkyl halides is 1. The normalized spacial score (nSPS) is 15.4. The number of aromatic hydroxyl groups is 1. The molecular formula is C28H28F3NO3. The van der Waals surface area contributed by atoms with E-state index < -0.39 is 11.6 Å². The maximum absolute atomic E-state index is 13.3. The molecule has 1 N–H and O–H groups in total. The van der Waals surface area contributed by atoms with Crippen LogP contribution in [0.1, 0.15) is 18.1 Å². The molecule has 0 atom stereocenters. The Morgan fingerprint density at radius 2 is 1.77 bits per heavy atom. The average molecular weight is 484 g/mol. The van der Waals surface area contributed by atoms with Gasteiger partial charge >= 0.3 is 0 Å². The third-order valence-electron chi connectivity index (χ3n) is 6.13. The second kappa shape index (κ2) is 11.3. The molecule has 2 heterocycles. The highest BCUT2D eigenvalue weighted by atomic mass is 19.2. The number of ether oxygens (including phenoxy) is 2. The van der Waals surface area contributed by atoms with Gasteiger partial charge in [-0.1, -0.05) is 24.3 Å². The zero-order valence-corrected chi connectivity index (χ0v) is 19.5. The number of para-hydroxylation sites is 1. The average Bonchev–Trinajstić information content (AvgIpc) is 2.83. The second-order valence-corrected chi connectivity index (χ2v) is 8.64. The number of hydrogen-bond donors (Lipinski definition) is 1. The van der Waals surface area contributed by atoms with E-state index in [1.54, 1.807) is 18.2 Å². The Kier molecular flexibility index (Phi) is 7.98. The van der Waals surface area contributed by atoms with E-state index in [-0.39, 0.29) is 24.9 Å². The molecule has 5 rings (SSSR count). The van der Waals surface area contributed by atoms with Gasteiger partial charge < -0.3 is 14.6 Å². The number of benzene rings is 3. The number of hydrogen-bond acceptors (Lipinski definition) is 4. The number of likely N-dealkylation sites (tertiary alicyclic amines) is 1. The summed E-state index contributed by atoms with van der Waals surface area (Å²) in [5, 5.41) is 9.44. The zero-order valence-electron chi connectivity index (χ0n) is 19.5.